The van der Waals surface area contributed by atoms with Crippen molar-refractivity contribution in [2.45, 2.75) is 57.2 Å². The van der Waals surface area contributed by atoms with Gasteiger partial charge in [-0.2, -0.15) is 0 Å². The number of hydrogen-bond donors (Lipinski definition) is 1. The van der Waals surface area contributed by atoms with Crippen LogP contribution in [0.2, 0.25) is 0 Å². The SMILES string of the molecule is CCOC(=O)c1ccc([C@H]2CC[C@H](N(Cc3ccccc3)C[C@H](O)COc3ccc(OC)c(N(C)S(C)(=O)=O)c3)CC2)cc1. The molecule has 0 bridgehead atoms. The van der Waals surface area contributed by atoms with Gasteiger partial charge in [0.2, 0.25) is 10.0 Å². The lowest BCUT2D eigenvalue weighted by molar-refractivity contribution is 0.0384. The summed E-state index contributed by atoms with van der Waals surface area (Å²) in [5, 5.41) is 11.1. The van der Waals surface area contributed by atoms with E-state index < -0.39 is 16.1 Å². The molecule has 0 amide bonds. The van der Waals surface area contributed by atoms with E-state index in [1.165, 1.54) is 25.3 Å². The molecule has 0 unspecified atom stereocenters. The number of anilines is 1. The quantitative estimate of drug-likeness (QED) is 0.243. The molecule has 1 saturated carbocycles. The third-order valence-electron chi connectivity index (χ3n) is 8.21. The van der Waals surface area contributed by atoms with Crippen molar-refractivity contribution in [2.75, 3.05) is 44.5 Å². The number of sulfonamides is 1. The summed E-state index contributed by atoms with van der Waals surface area (Å²) in [6.45, 7) is 3.37. The molecule has 3 aromatic rings. The molecule has 1 aliphatic rings. The zero-order valence-electron chi connectivity index (χ0n) is 26.0. The molecule has 3 aromatic carbocycles. The van der Waals surface area contributed by atoms with Crippen molar-refractivity contribution in [3.05, 3.63) is 89.5 Å². The van der Waals surface area contributed by atoms with Crippen molar-refractivity contribution in [2.24, 2.45) is 0 Å². The largest absolute Gasteiger partial charge is 0.495 e. The number of aliphatic hydroxyl groups excluding tert-OH is 1. The molecule has 0 radical (unpaired) electrons. The third kappa shape index (κ3) is 8.97. The van der Waals surface area contributed by atoms with Gasteiger partial charge in [-0.25, -0.2) is 13.2 Å². The molecule has 1 atom stereocenters. The number of methoxy groups -OCH3 is 1. The molecule has 10 heteroatoms. The number of rotatable bonds is 14. The second-order valence-electron chi connectivity index (χ2n) is 11.3. The highest BCUT2D eigenvalue weighted by Crippen LogP contribution is 2.36. The molecule has 1 aliphatic carbocycles. The summed E-state index contributed by atoms with van der Waals surface area (Å²) >= 11 is 0. The van der Waals surface area contributed by atoms with Gasteiger partial charge in [0.25, 0.3) is 0 Å². The predicted octanol–water partition coefficient (Wildman–Crippen LogP) is 5.24. The van der Waals surface area contributed by atoms with Crippen LogP contribution in [0.25, 0.3) is 0 Å². The van der Waals surface area contributed by atoms with Crippen LogP contribution in [0.4, 0.5) is 5.69 Å². The van der Waals surface area contributed by atoms with Crippen LogP contribution in [0.3, 0.4) is 0 Å². The summed E-state index contributed by atoms with van der Waals surface area (Å²) in [5.41, 5.74) is 3.35. The summed E-state index contributed by atoms with van der Waals surface area (Å²) in [6, 6.07) is 23.3. The van der Waals surface area contributed by atoms with Gasteiger partial charge in [-0.05, 0) is 73.9 Å². The number of nitrogens with zero attached hydrogens (tertiary/aromatic N) is 2. The van der Waals surface area contributed by atoms with Crippen LogP contribution in [0.15, 0.2) is 72.8 Å². The number of esters is 1. The molecule has 238 valence electrons. The lowest BCUT2D eigenvalue weighted by atomic mass is 9.81. The number of hydrogen-bond acceptors (Lipinski definition) is 8. The molecule has 9 nitrogen and oxygen atoms in total. The molecule has 0 spiro atoms. The second kappa shape index (κ2) is 15.4. The Bertz CT molecular complexity index is 1460. The van der Waals surface area contributed by atoms with E-state index >= 15 is 0 Å². The average Bonchev–Trinajstić information content (AvgIpc) is 3.03. The third-order valence-corrected chi connectivity index (χ3v) is 9.40. The first kappa shape index (κ1) is 33.3. The standard InChI is InChI=1S/C34H44N2O7S/c1-5-42-34(38)28-13-11-26(12-14-28)27-15-17-29(18-16-27)36(22-25-9-7-6-8-10-25)23-30(37)24-43-31-19-20-33(41-3)32(21-31)35(2)44(4,39)40/h6-14,19-21,27,29-30,37H,5,15-18,22-24H2,1-4H3/t27-,29-,30-/m0/s1. The summed E-state index contributed by atoms with van der Waals surface area (Å²) in [5.74, 6) is 0.976. The Balaban J connectivity index is 1.39. The van der Waals surface area contributed by atoms with Crippen molar-refractivity contribution in [3.8, 4) is 11.5 Å². The Kier molecular flexibility index (Phi) is 11.7. The molecule has 4 rings (SSSR count). The Labute approximate surface area is 261 Å². The Morgan fingerprint density at radius 2 is 1.68 bits per heavy atom. The molecule has 0 heterocycles. The summed E-state index contributed by atoms with van der Waals surface area (Å²) in [4.78, 5) is 14.4. The number of ether oxygens (including phenoxy) is 3. The molecule has 0 aliphatic heterocycles. The fourth-order valence-electron chi connectivity index (χ4n) is 5.74. The van der Waals surface area contributed by atoms with E-state index in [1.807, 2.05) is 42.5 Å². The van der Waals surface area contributed by atoms with Gasteiger partial charge in [0.1, 0.15) is 24.2 Å². The van der Waals surface area contributed by atoms with E-state index in [-0.39, 0.29) is 12.6 Å². The highest BCUT2D eigenvalue weighted by atomic mass is 32.2. The Morgan fingerprint density at radius 1 is 1.00 bits per heavy atom. The molecule has 1 fully saturated rings. The van der Waals surface area contributed by atoms with Crippen LogP contribution in [0.1, 0.15) is 60.0 Å². The number of benzene rings is 3. The van der Waals surface area contributed by atoms with Crippen molar-refractivity contribution in [1.82, 2.24) is 4.90 Å². The van der Waals surface area contributed by atoms with Crippen LogP contribution in [0, 0.1) is 0 Å². The van der Waals surface area contributed by atoms with Crippen molar-refractivity contribution in [3.63, 3.8) is 0 Å². The predicted molar refractivity (Wildman–Crippen MR) is 172 cm³/mol. The van der Waals surface area contributed by atoms with E-state index in [4.69, 9.17) is 14.2 Å². The molecule has 44 heavy (non-hydrogen) atoms. The normalized spacial score (nSPS) is 17.6. The first-order valence-electron chi connectivity index (χ1n) is 15.1. The summed E-state index contributed by atoms with van der Waals surface area (Å²) < 4.78 is 41.8. The maximum absolute atomic E-state index is 12.1. The van der Waals surface area contributed by atoms with Crippen LogP contribution < -0.4 is 13.8 Å². The lowest BCUT2D eigenvalue weighted by Gasteiger charge is -2.38. The smallest absolute Gasteiger partial charge is 0.338 e. The fraction of sp³-hybridized carbons (Fsp3) is 0.441. The van der Waals surface area contributed by atoms with Crippen molar-refractivity contribution < 1.29 is 32.5 Å². The van der Waals surface area contributed by atoms with Gasteiger partial charge in [-0.1, -0.05) is 42.5 Å². The molecular weight excluding hydrogens is 580 g/mol. The molecule has 1 N–H and O–H groups in total. The minimum atomic E-state index is -3.50. The van der Waals surface area contributed by atoms with Gasteiger partial charge in [0.15, 0.2) is 0 Å². The van der Waals surface area contributed by atoms with Gasteiger partial charge in [0.05, 0.1) is 31.2 Å². The number of carbonyl (C=O) groups is 1. The summed E-state index contributed by atoms with van der Waals surface area (Å²) in [6.07, 6.45) is 4.38. The monoisotopic (exact) mass is 624 g/mol. The van der Waals surface area contributed by atoms with Gasteiger partial charge < -0.3 is 19.3 Å². The van der Waals surface area contributed by atoms with E-state index in [1.54, 1.807) is 25.1 Å². The number of aliphatic hydroxyl groups is 1. The molecule has 0 aromatic heterocycles. The average molecular weight is 625 g/mol. The second-order valence-corrected chi connectivity index (χ2v) is 13.3. The Morgan fingerprint density at radius 3 is 2.30 bits per heavy atom. The fourth-order valence-corrected chi connectivity index (χ4v) is 6.24. The first-order chi connectivity index (χ1) is 21.1. The van der Waals surface area contributed by atoms with Gasteiger partial charge >= 0.3 is 5.97 Å². The van der Waals surface area contributed by atoms with Gasteiger partial charge in [-0.15, -0.1) is 0 Å². The van der Waals surface area contributed by atoms with Crippen LogP contribution in [-0.4, -0.2) is 76.7 Å². The zero-order valence-corrected chi connectivity index (χ0v) is 26.8. The van der Waals surface area contributed by atoms with Crippen molar-refractivity contribution in [1.29, 1.82) is 0 Å². The first-order valence-corrected chi connectivity index (χ1v) is 16.9. The lowest BCUT2D eigenvalue weighted by Crippen LogP contribution is -2.43. The highest BCUT2D eigenvalue weighted by Gasteiger charge is 2.28. The summed E-state index contributed by atoms with van der Waals surface area (Å²) in [7, 11) is -0.560. The van der Waals surface area contributed by atoms with Gasteiger partial charge in [-0.3, -0.25) is 9.21 Å². The van der Waals surface area contributed by atoms with E-state index in [2.05, 4.69) is 17.0 Å². The maximum Gasteiger partial charge on any atom is 0.338 e. The highest BCUT2D eigenvalue weighted by molar-refractivity contribution is 7.92. The minimum absolute atomic E-state index is 0.0573. The van der Waals surface area contributed by atoms with Gasteiger partial charge in [0, 0.05) is 32.2 Å². The van der Waals surface area contributed by atoms with E-state index in [9.17, 15) is 18.3 Å². The van der Waals surface area contributed by atoms with E-state index in [0.717, 1.165) is 36.2 Å². The Hall–Kier alpha value is -3.60. The number of carbonyl (C=O) groups excluding carboxylic acids is 1. The van der Waals surface area contributed by atoms with Crippen LogP contribution >= 0.6 is 0 Å². The maximum atomic E-state index is 12.1. The zero-order chi connectivity index (χ0) is 31.7. The van der Waals surface area contributed by atoms with E-state index in [0.29, 0.717) is 54.4 Å². The van der Waals surface area contributed by atoms with Crippen LogP contribution in [-0.2, 0) is 21.3 Å². The van der Waals surface area contributed by atoms with Crippen LogP contribution in [0.5, 0.6) is 11.5 Å². The topological polar surface area (TPSA) is 106 Å². The molecular formula is C34H44N2O7S. The van der Waals surface area contributed by atoms with Crippen molar-refractivity contribution >= 4 is 21.7 Å². The minimum Gasteiger partial charge on any atom is -0.495 e. The molecule has 0 saturated heterocycles.